The molecule has 0 aliphatic rings. The van der Waals surface area contributed by atoms with Crippen molar-refractivity contribution in [1.82, 2.24) is 5.32 Å². The third-order valence-electron chi connectivity index (χ3n) is 4.23. The van der Waals surface area contributed by atoms with Gasteiger partial charge in [0.05, 0.1) is 6.04 Å². The number of fused-ring (bicyclic) bond motifs is 1. The van der Waals surface area contributed by atoms with Gasteiger partial charge in [0.1, 0.15) is 11.3 Å². The van der Waals surface area contributed by atoms with E-state index in [1.807, 2.05) is 12.1 Å². The van der Waals surface area contributed by atoms with Gasteiger partial charge in [0.15, 0.2) is 0 Å². The van der Waals surface area contributed by atoms with Crippen LogP contribution in [0.2, 0.25) is 0 Å². The molecule has 3 unspecified atom stereocenters. The Morgan fingerprint density at radius 1 is 1.10 bits per heavy atom. The summed E-state index contributed by atoms with van der Waals surface area (Å²) in [4.78, 5) is 0. The zero-order chi connectivity index (χ0) is 14.5. The lowest BCUT2D eigenvalue weighted by Gasteiger charge is -2.23. The Kier molecular flexibility index (Phi) is 5.24. The summed E-state index contributed by atoms with van der Waals surface area (Å²) in [6.45, 7) is 9.04. The van der Waals surface area contributed by atoms with Gasteiger partial charge >= 0.3 is 0 Å². The molecule has 0 amide bonds. The zero-order valence-electron chi connectivity index (χ0n) is 13.1. The fraction of sp³-hybridized carbons (Fsp3) is 0.556. The van der Waals surface area contributed by atoms with Crippen LogP contribution < -0.4 is 5.32 Å². The van der Waals surface area contributed by atoms with Crippen LogP contribution in [0.4, 0.5) is 0 Å². The Hall–Kier alpha value is -1.28. The van der Waals surface area contributed by atoms with Crippen molar-refractivity contribution in [1.29, 1.82) is 0 Å². The van der Waals surface area contributed by atoms with Crippen LogP contribution in [0, 0.1) is 5.92 Å². The van der Waals surface area contributed by atoms with Crippen LogP contribution in [0.1, 0.15) is 58.8 Å². The SMILES string of the molecule is CCC(C)CC(CC)NC(C)c1cc2ccccc2o1. The standard InChI is InChI=1S/C18H27NO/c1-5-13(3)11-16(6-2)19-14(4)18-12-15-9-7-8-10-17(15)20-18/h7-10,12-14,16,19H,5-6,11H2,1-4H3. The largest absolute Gasteiger partial charge is 0.459 e. The predicted molar refractivity (Wildman–Crippen MR) is 85.9 cm³/mol. The smallest absolute Gasteiger partial charge is 0.134 e. The molecule has 1 heterocycles. The maximum Gasteiger partial charge on any atom is 0.134 e. The van der Waals surface area contributed by atoms with Crippen molar-refractivity contribution in [3.05, 3.63) is 36.1 Å². The molecule has 3 atom stereocenters. The quantitative estimate of drug-likeness (QED) is 0.740. The molecule has 2 rings (SSSR count). The first kappa shape index (κ1) is 15.1. The van der Waals surface area contributed by atoms with Gasteiger partial charge in [-0.25, -0.2) is 0 Å². The monoisotopic (exact) mass is 273 g/mol. The van der Waals surface area contributed by atoms with Gasteiger partial charge in [-0.05, 0) is 37.8 Å². The summed E-state index contributed by atoms with van der Waals surface area (Å²) in [5, 5.41) is 4.90. The normalized spacial score (nSPS) is 16.2. The molecule has 0 aliphatic heterocycles. The van der Waals surface area contributed by atoms with Gasteiger partial charge in [-0.3, -0.25) is 0 Å². The van der Waals surface area contributed by atoms with Crippen LogP contribution in [-0.2, 0) is 0 Å². The van der Waals surface area contributed by atoms with Crippen LogP contribution in [-0.4, -0.2) is 6.04 Å². The van der Waals surface area contributed by atoms with Crippen molar-refractivity contribution >= 4 is 11.0 Å². The second-order valence-corrected chi connectivity index (χ2v) is 5.93. The lowest BCUT2D eigenvalue weighted by atomic mass is 9.97. The molecule has 2 heteroatoms. The second kappa shape index (κ2) is 6.94. The second-order valence-electron chi connectivity index (χ2n) is 5.93. The minimum Gasteiger partial charge on any atom is -0.459 e. The lowest BCUT2D eigenvalue weighted by molar-refractivity contribution is 0.338. The van der Waals surface area contributed by atoms with E-state index >= 15 is 0 Å². The first-order valence-corrected chi connectivity index (χ1v) is 7.88. The number of furan rings is 1. The number of hydrogen-bond acceptors (Lipinski definition) is 2. The van der Waals surface area contributed by atoms with Crippen LogP contribution in [0.5, 0.6) is 0 Å². The van der Waals surface area contributed by atoms with E-state index in [2.05, 4.69) is 51.2 Å². The summed E-state index contributed by atoms with van der Waals surface area (Å²) < 4.78 is 5.94. The highest BCUT2D eigenvalue weighted by molar-refractivity contribution is 5.77. The molecule has 0 saturated heterocycles. The van der Waals surface area contributed by atoms with Gasteiger partial charge in [0.2, 0.25) is 0 Å². The maximum absolute atomic E-state index is 5.94. The maximum atomic E-state index is 5.94. The number of nitrogens with one attached hydrogen (secondary N) is 1. The Labute approximate surface area is 122 Å². The summed E-state index contributed by atoms with van der Waals surface area (Å²) in [5.74, 6) is 1.81. The molecular weight excluding hydrogens is 246 g/mol. The Balaban J connectivity index is 2.04. The number of rotatable bonds is 7. The van der Waals surface area contributed by atoms with Crippen molar-refractivity contribution in [2.24, 2.45) is 5.92 Å². The van der Waals surface area contributed by atoms with E-state index in [0.29, 0.717) is 6.04 Å². The number of hydrogen-bond donors (Lipinski definition) is 1. The summed E-state index contributed by atoms with van der Waals surface area (Å²) >= 11 is 0. The molecule has 2 nitrogen and oxygen atoms in total. The molecular formula is C18H27NO. The molecule has 110 valence electrons. The third kappa shape index (κ3) is 3.63. The van der Waals surface area contributed by atoms with Gasteiger partial charge in [-0.1, -0.05) is 45.4 Å². The van der Waals surface area contributed by atoms with Gasteiger partial charge in [0.25, 0.3) is 0 Å². The molecule has 1 aromatic heterocycles. The summed E-state index contributed by atoms with van der Waals surface area (Å²) in [5.41, 5.74) is 0.978. The molecule has 0 aliphatic carbocycles. The Morgan fingerprint density at radius 2 is 1.85 bits per heavy atom. The van der Waals surface area contributed by atoms with Crippen LogP contribution >= 0.6 is 0 Å². The van der Waals surface area contributed by atoms with Crippen molar-refractivity contribution in [2.75, 3.05) is 0 Å². The molecule has 0 saturated carbocycles. The molecule has 0 radical (unpaired) electrons. The van der Waals surface area contributed by atoms with Gasteiger partial charge in [0, 0.05) is 11.4 Å². The number of benzene rings is 1. The van der Waals surface area contributed by atoms with Crippen molar-refractivity contribution in [3.8, 4) is 0 Å². The van der Waals surface area contributed by atoms with Crippen molar-refractivity contribution in [3.63, 3.8) is 0 Å². The van der Waals surface area contributed by atoms with Gasteiger partial charge in [-0.15, -0.1) is 0 Å². The van der Waals surface area contributed by atoms with Crippen LogP contribution in [0.3, 0.4) is 0 Å². The van der Waals surface area contributed by atoms with Crippen LogP contribution in [0.25, 0.3) is 11.0 Å². The van der Waals surface area contributed by atoms with E-state index in [0.717, 1.165) is 23.7 Å². The summed E-state index contributed by atoms with van der Waals surface area (Å²) in [6.07, 6.45) is 3.64. The van der Waals surface area contributed by atoms with E-state index < -0.39 is 0 Å². The van der Waals surface area contributed by atoms with E-state index in [1.165, 1.54) is 18.2 Å². The summed E-state index contributed by atoms with van der Waals surface area (Å²) in [7, 11) is 0. The molecule has 20 heavy (non-hydrogen) atoms. The highest BCUT2D eigenvalue weighted by atomic mass is 16.3. The molecule has 0 spiro atoms. The average molecular weight is 273 g/mol. The zero-order valence-corrected chi connectivity index (χ0v) is 13.1. The Bertz CT molecular complexity index is 498. The van der Waals surface area contributed by atoms with E-state index in [1.54, 1.807) is 0 Å². The molecule has 0 bridgehead atoms. The summed E-state index contributed by atoms with van der Waals surface area (Å²) in [6, 6.07) is 11.2. The molecule has 1 N–H and O–H groups in total. The molecule has 1 aromatic carbocycles. The topological polar surface area (TPSA) is 25.2 Å². The lowest BCUT2D eigenvalue weighted by Crippen LogP contribution is -2.32. The highest BCUT2D eigenvalue weighted by Gasteiger charge is 2.17. The highest BCUT2D eigenvalue weighted by Crippen LogP contribution is 2.25. The molecule has 0 fully saturated rings. The first-order chi connectivity index (χ1) is 9.63. The third-order valence-corrected chi connectivity index (χ3v) is 4.23. The Morgan fingerprint density at radius 3 is 2.50 bits per heavy atom. The van der Waals surface area contributed by atoms with Gasteiger partial charge < -0.3 is 9.73 Å². The van der Waals surface area contributed by atoms with Crippen molar-refractivity contribution in [2.45, 2.75) is 59.0 Å². The van der Waals surface area contributed by atoms with Gasteiger partial charge in [-0.2, -0.15) is 0 Å². The minimum atomic E-state index is 0.261. The van der Waals surface area contributed by atoms with Crippen molar-refractivity contribution < 1.29 is 4.42 Å². The predicted octanol–water partition coefficient (Wildman–Crippen LogP) is 5.30. The fourth-order valence-electron chi connectivity index (χ4n) is 2.66. The first-order valence-electron chi connectivity index (χ1n) is 7.88. The van der Waals surface area contributed by atoms with Crippen LogP contribution in [0.15, 0.2) is 34.7 Å². The number of para-hydroxylation sites is 1. The van der Waals surface area contributed by atoms with E-state index in [9.17, 15) is 0 Å². The van der Waals surface area contributed by atoms with E-state index in [-0.39, 0.29) is 6.04 Å². The molecule has 2 aromatic rings. The average Bonchev–Trinajstić information content (AvgIpc) is 2.90. The van der Waals surface area contributed by atoms with E-state index in [4.69, 9.17) is 4.42 Å². The minimum absolute atomic E-state index is 0.261. The fourth-order valence-corrected chi connectivity index (χ4v) is 2.66.